The molecule has 31 heavy (non-hydrogen) atoms. The minimum atomic E-state index is -3.98. The van der Waals surface area contributed by atoms with Crippen LogP contribution in [-0.2, 0) is 30.9 Å². The van der Waals surface area contributed by atoms with Gasteiger partial charge in [0.1, 0.15) is 12.6 Å². The van der Waals surface area contributed by atoms with Gasteiger partial charge in [-0.15, -0.1) is 0 Å². The molecule has 1 saturated heterocycles. The molecule has 166 valence electrons. The van der Waals surface area contributed by atoms with E-state index >= 15 is 0 Å². The quantitative estimate of drug-likeness (QED) is 0.674. The zero-order chi connectivity index (χ0) is 22.8. The third-order valence-electron chi connectivity index (χ3n) is 5.35. The van der Waals surface area contributed by atoms with Crippen molar-refractivity contribution in [3.8, 4) is 0 Å². The molecule has 1 heterocycles. The molecule has 2 aromatic carbocycles. The largest absolute Gasteiger partial charge is 0.465 e. The van der Waals surface area contributed by atoms with E-state index in [1.165, 1.54) is 13.2 Å². The Morgan fingerprint density at radius 1 is 1.10 bits per heavy atom. The van der Waals surface area contributed by atoms with Crippen molar-refractivity contribution in [1.82, 2.24) is 4.31 Å². The van der Waals surface area contributed by atoms with Crippen molar-refractivity contribution >= 4 is 22.0 Å². The number of ether oxygens (including phenoxy) is 2. The highest BCUT2D eigenvalue weighted by Gasteiger charge is 2.44. The molecule has 1 aliphatic rings. The van der Waals surface area contributed by atoms with Crippen molar-refractivity contribution in [3.05, 3.63) is 64.7 Å². The number of rotatable bonds is 6. The van der Waals surface area contributed by atoms with E-state index in [1.54, 1.807) is 36.4 Å². The van der Waals surface area contributed by atoms with Crippen molar-refractivity contribution in [2.24, 2.45) is 0 Å². The number of hydrogen-bond acceptors (Lipinski definition) is 7. The molecule has 3 rings (SSSR count). The molecule has 0 aliphatic carbocycles. The average Bonchev–Trinajstić information content (AvgIpc) is 3.16. The van der Waals surface area contributed by atoms with E-state index in [4.69, 9.17) is 4.74 Å². The van der Waals surface area contributed by atoms with Gasteiger partial charge in [-0.25, -0.2) is 13.2 Å². The summed E-state index contributed by atoms with van der Waals surface area (Å²) < 4.78 is 37.2. The molecule has 0 amide bonds. The highest BCUT2D eigenvalue weighted by Crippen LogP contribution is 2.28. The summed E-state index contributed by atoms with van der Waals surface area (Å²) in [5.74, 6) is -1.21. The van der Waals surface area contributed by atoms with E-state index in [0.29, 0.717) is 11.1 Å². The highest BCUT2D eigenvalue weighted by molar-refractivity contribution is 7.89. The molecule has 0 saturated carbocycles. The third-order valence-corrected chi connectivity index (χ3v) is 7.22. The number of aryl methyl sites for hydroxylation is 2. The minimum absolute atomic E-state index is 0.0375. The summed E-state index contributed by atoms with van der Waals surface area (Å²) in [4.78, 5) is 24.2. The molecule has 0 spiro atoms. The second-order valence-electron chi connectivity index (χ2n) is 7.52. The monoisotopic (exact) mass is 447 g/mol. The van der Waals surface area contributed by atoms with Crippen molar-refractivity contribution in [1.29, 1.82) is 0 Å². The van der Waals surface area contributed by atoms with Crippen LogP contribution in [0.2, 0.25) is 0 Å². The van der Waals surface area contributed by atoms with Gasteiger partial charge < -0.3 is 14.6 Å². The van der Waals surface area contributed by atoms with Gasteiger partial charge in [0.25, 0.3) is 0 Å². The summed E-state index contributed by atoms with van der Waals surface area (Å²) >= 11 is 0. The maximum absolute atomic E-state index is 13.1. The topological polar surface area (TPSA) is 110 Å². The van der Waals surface area contributed by atoms with Crippen molar-refractivity contribution in [3.63, 3.8) is 0 Å². The Hall–Kier alpha value is -2.75. The molecule has 2 atom stereocenters. The Balaban J connectivity index is 1.73. The van der Waals surface area contributed by atoms with E-state index in [2.05, 4.69) is 4.74 Å². The average molecular weight is 448 g/mol. The maximum atomic E-state index is 13.1. The fraction of sp³-hybridized carbons (Fsp3) is 0.364. The van der Waals surface area contributed by atoms with Crippen molar-refractivity contribution in [2.45, 2.75) is 43.9 Å². The van der Waals surface area contributed by atoms with E-state index in [9.17, 15) is 23.1 Å². The van der Waals surface area contributed by atoms with Gasteiger partial charge in [0.05, 0.1) is 23.7 Å². The number of aliphatic hydroxyl groups excluding tert-OH is 1. The molecular formula is C22H25NO7S. The maximum Gasteiger partial charge on any atom is 0.337 e. The summed E-state index contributed by atoms with van der Waals surface area (Å²) in [6.07, 6.45) is -0.998. The van der Waals surface area contributed by atoms with Crippen molar-refractivity contribution in [2.75, 3.05) is 13.7 Å². The summed E-state index contributed by atoms with van der Waals surface area (Å²) in [5.41, 5.74) is 2.76. The van der Waals surface area contributed by atoms with Crippen LogP contribution in [0.15, 0.2) is 47.4 Å². The lowest BCUT2D eigenvalue weighted by atomic mass is 10.1. The number of nitrogens with zero attached hydrogens (tertiary/aromatic N) is 1. The van der Waals surface area contributed by atoms with Crippen LogP contribution in [0.3, 0.4) is 0 Å². The molecule has 9 heteroatoms. The molecule has 8 nitrogen and oxygen atoms in total. The molecular weight excluding hydrogens is 422 g/mol. The molecule has 0 radical (unpaired) electrons. The predicted octanol–water partition coefficient (Wildman–Crippen LogP) is 1.96. The fourth-order valence-corrected chi connectivity index (χ4v) is 5.09. The first-order valence-corrected chi connectivity index (χ1v) is 11.2. The molecule has 0 bridgehead atoms. The van der Waals surface area contributed by atoms with E-state index in [1.807, 2.05) is 13.8 Å². The zero-order valence-electron chi connectivity index (χ0n) is 17.6. The molecule has 1 N–H and O–H groups in total. The lowest BCUT2D eigenvalue weighted by Gasteiger charge is -2.23. The van der Waals surface area contributed by atoms with Gasteiger partial charge in [0.15, 0.2) is 0 Å². The van der Waals surface area contributed by atoms with E-state index in [-0.39, 0.29) is 24.5 Å². The summed E-state index contributed by atoms with van der Waals surface area (Å²) in [5, 5.41) is 10.1. The standard InChI is InChI=1S/C22H25NO7S/c1-14-4-9-19(10-15(14)2)31(27,28)23-12-18(24)11-20(23)22(26)30-13-16-5-7-17(8-6-16)21(25)29-3/h4-10,18,20,24H,11-13H2,1-3H3/t18?,20-/m0/s1. The smallest absolute Gasteiger partial charge is 0.337 e. The van der Waals surface area contributed by atoms with Gasteiger partial charge in [-0.2, -0.15) is 4.31 Å². The van der Waals surface area contributed by atoms with Crippen LogP contribution in [0.4, 0.5) is 0 Å². The van der Waals surface area contributed by atoms with E-state index in [0.717, 1.165) is 15.4 Å². The van der Waals surface area contributed by atoms with Gasteiger partial charge >= 0.3 is 11.9 Å². The highest BCUT2D eigenvalue weighted by atomic mass is 32.2. The summed E-state index contributed by atoms with van der Waals surface area (Å²) in [6, 6.07) is 9.97. The van der Waals surface area contributed by atoms with Crippen LogP contribution in [0.25, 0.3) is 0 Å². The van der Waals surface area contributed by atoms with Crippen LogP contribution in [0.1, 0.15) is 33.5 Å². The fourth-order valence-electron chi connectivity index (χ4n) is 3.38. The summed E-state index contributed by atoms with van der Waals surface area (Å²) in [6.45, 7) is 3.42. The molecule has 1 unspecified atom stereocenters. The third kappa shape index (κ3) is 4.95. The first-order chi connectivity index (χ1) is 14.6. The predicted molar refractivity (Wildman–Crippen MR) is 112 cm³/mol. The summed E-state index contributed by atoms with van der Waals surface area (Å²) in [7, 11) is -2.70. The number of carbonyl (C=O) groups is 2. The Bertz CT molecular complexity index is 1080. The van der Waals surface area contributed by atoms with Gasteiger partial charge in [-0.3, -0.25) is 4.79 Å². The lowest BCUT2D eigenvalue weighted by Crippen LogP contribution is -2.41. The molecule has 2 aromatic rings. The SMILES string of the molecule is COC(=O)c1ccc(COC(=O)[C@@H]2CC(O)CN2S(=O)(=O)c2ccc(C)c(C)c2)cc1. The number of carbonyl (C=O) groups excluding carboxylic acids is 2. The van der Waals surface area contributed by atoms with Crippen LogP contribution in [0, 0.1) is 13.8 Å². The van der Waals surface area contributed by atoms with Gasteiger partial charge in [-0.1, -0.05) is 18.2 Å². The van der Waals surface area contributed by atoms with Crippen LogP contribution >= 0.6 is 0 Å². The van der Waals surface area contributed by atoms with E-state index < -0.39 is 34.1 Å². The lowest BCUT2D eigenvalue weighted by molar-refractivity contribution is -0.148. The Morgan fingerprint density at radius 3 is 2.39 bits per heavy atom. The number of β-amino-alcohol motifs (C(OH)–C–C–N with tert-alkyl or cyclic N) is 1. The Labute approximate surface area is 181 Å². The second kappa shape index (κ2) is 9.17. The zero-order valence-corrected chi connectivity index (χ0v) is 18.4. The van der Waals surface area contributed by atoms with Gasteiger partial charge in [-0.05, 0) is 54.8 Å². The number of aliphatic hydroxyl groups is 1. The Morgan fingerprint density at radius 2 is 1.77 bits per heavy atom. The minimum Gasteiger partial charge on any atom is -0.465 e. The first kappa shape index (κ1) is 22.9. The Kier molecular flexibility index (Phi) is 6.78. The number of sulfonamides is 1. The second-order valence-corrected chi connectivity index (χ2v) is 9.41. The molecule has 1 aliphatic heterocycles. The van der Waals surface area contributed by atoms with Gasteiger partial charge in [0, 0.05) is 13.0 Å². The van der Waals surface area contributed by atoms with Crippen molar-refractivity contribution < 1.29 is 32.6 Å². The van der Waals surface area contributed by atoms with Crippen LogP contribution in [0.5, 0.6) is 0 Å². The van der Waals surface area contributed by atoms with Crippen LogP contribution < -0.4 is 0 Å². The number of hydrogen-bond donors (Lipinski definition) is 1. The molecule has 1 fully saturated rings. The molecule has 0 aromatic heterocycles. The normalized spacial score (nSPS) is 19.2. The number of esters is 2. The number of methoxy groups -OCH3 is 1. The number of benzene rings is 2. The van der Waals surface area contributed by atoms with Crippen LogP contribution in [-0.4, -0.2) is 55.6 Å². The first-order valence-electron chi connectivity index (χ1n) is 9.74. The van der Waals surface area contributed by atoms with Gasteiger partial charge in [0.2, 0.25) is 10.0 Å².